The van der Waals surface area contributed by atoms with Crippen molar-refractivity contribution in [2.45, 2.75) is 59.4 Å². The van der Waals surface area contributed by atoms with E-state index in [9.17, 15) is 0 Å². The molecule has 0 radical (unpaired) electrons. The Bertz CT molecular complexity index is 296. The van der Waals surface area contributed by atoms with Crippen molar-refractivity contribution in [2.24, 2.45) is 5.92 Å². The Morgan fingerprint density at radius 2 is 2.00 bits per heavy atom. The van der Waals surface area contributed by atoms with E-state index in [2.05, 4.69) is 42.4 Å². The fraction of sp³-hybridized carbons (Fsp3) is 0.833. The molecule has 92 valence electrons. The number of aryl methyl sites for hydroxylation is 1. The zero-order valence-electron chi connectivity index (χ0n) is 10.8. The molecule has 16 heavy (non-hydrogen) atoms. The molecule has 0 aliphatic carbocycles. The second-order valence-corrected chi connectivity index (χ2v) is 5.49. The summed E-state index contributed by atoms with van der Waals surface area (Å²) in [5, 5.41) is 4.38. The minimum Gasteiger partial charge on any atom is -0.358 e. The van der Waals surface area contributed by atoms with Crippen molar-refractivity contribution in [3.8, 4) is 0 Å². The van der Waals surface area contributed by atoms with Gasteiger partial charge in [-0.15, -0.1) is 0 Å². The lowest BCUT2D eigenvalue weighted by Crippen LogP contribution is -2.15. The summed E-state index contributed by atoms with van der Waals surface area (Å²) in [5.74, 6) is 1.75. The first-order valence-electron chi connectivity index (χ1n) is 6.21. The molecular weight excluding hydrogens is 218 g/mol. The Hall–Kier alpha value is -0.640. The Balaban J connectivity index is 2.25. The van der Waals surface area contributed by atoms with Gasteiger partial charge in [-0.1, -0.05) is 33.6 Å². The molecule has 1 heterocycles. The molecule has 1 N–H and O–H groups in total. The molecule has 3 nitrogen and oxygen atoms in total. The van der Waals surface area contributed by atoms with E-state index in [4.69, 9.17) is 0 Å². The number of nitrogens with one attached hydrogen (secondary N) is 1. The van der Waals surface area contributed by atoms with Crippen molar-refractivity contribution >= 4 is 16.7 Å². The van der Waals surface area contributed by atoms with Crippen LogP contribution in [0, 0.1) is 5.92 Å². The number of anilines is 1. The highest BCUT2D eigenvalue weighted by atomic mass is 32.1. The van der Waals surface area contributed by atoms with Crippen LogP contribution in [0.3, 0.4) is 0 Å². The summed E-state index contributed by atoms with van der Waals surface area (Å²) in [7, 11) is 0. The molecule has 1 aromatic rings. The average Bonchev–Trinajstić information content (AvgIpc) is 2.65. The summed E-state index contributed by atoms with van der Waals surface area (Å²) in [6, 6.07) is 0.497. The Labute approximate surface area is 103 Å². The minimum absolute atomic E-state index is 0.497. The molecule has 0 saturated heterocycles. The van der Waals surface area contributed by atoms with Gasteiger partial charge in [-0.3, -0.25) is 0 Å². The van der Waals surface area contributed by atoms with Gasteiger partial charge in [0.1, 0.15) is 5.82 Å². The van der Waals surface area contributed by atoms with Crippen molar-refractivity contribution in [2.75, 3.05) is 5.32 Å². The third-order valence-electron chi connectivity index (χ3n) is 2.57. The first kappa shape index (κ1) is 13.4. The molecule has 0 amide bonds. The van der Waals surface area contributed by atoms with E-state index in [0.717, 1.165) is 23.3 Å². The molecule has 4 heteroatoms. The SMILES string of the molecule is CCc1nsc(NC(C)CCCC(C)C)n1. The second-order valence-electron chi connectivity index (χ2n) is 4.74. The van der Waals surface area contributed by atoms with E-state index >= 15 is 0 Å². The Morgan fingerprint density at radius 3 is 2.56 bits per heavy atom. The third kappa shape index (κ3) is 4.92. The maximum atomic E-state index is 4.41. The van der Waals surface area contributed by atoms with Crippen molar-refractivity contribution in [3.05, 3.63) is 5.82 Å². The van der Waals surface area contributed by atoms with Gasteiger partial charge >= 0.3 is 0 Å². The Morgan fingerprint density at radius 1 is 1.25 bits per heavy atom. The van der Waals surface area contributed by atoms with Crippen LogP contribution in [0.5, 0.6) is 0 Å². The van der Waals surface area contributed by atoms with Crippen molar-refractivity contribution < 1.29 is 0 Å². The van der Waals surface area contributed by atoms with E-state index in [1.165, 1.54) is 30.8 Å². The third-order valence-corrected chi connectivity index (χ3v) is 3.26. The number of aromatic nitrogens is 2. The monoisotopic (exact) mass is 241 g/mol. The van der Waals surface area contributed by atoms with E-state index in [1.807, 2.05) is 0 Å². The Kier molecular flexibility index (Phi) is 5.74. The maximum absolute atomic E-state index is 4.41. The van der Waals surface area contributed by atoms with Gasteiger partial charge < -0.3 is 5.32 Å². The molecule has 1 unspecified atom stereocenters. The van der Waals surface area contributed by atoms with Gasteiger partial charge in [-0.2, -0.15) is 4.37 Å². The highest BCUT2D eigenvalue weighted by Crippen LogP contribution is 2.15. The van der Waals surface area contributed by atoms with E-state index < -0.39 is 0 Å². The van der Waals surface area contributed by atoms with Crippen LogP contribution in [0.1, 0.15) is 52.8 Å². The van der Waals surface area contributed by atoms with Crippen molar-refractivity contribution in [3.63, 3.8) is 0 Å². The lowest BCUT2D eigenvalue weighted by atomic mass is 10.0. The van der Waals surface area contributed by atoms with E-state index in [1.54, 1.807) is 0 Å². The highest BCUT2D eigenvalue weighted by Gasteiger charge is 2.06. The van der Waals surface area contributed by atoms with Gasteiger partial charge in [0.05, 0.1) is 0 Å². The van der Waals surface area contributed by atoms with Crippen LogP contribution in [0.25, 0.3) is 0 Å². The van der Waals surface area contributed by atoms with Gasteiger partial charge in [0.15, 0.2) is 0 Å². The van der Waals surface area contributed by atoms with Crippen LogP contribution in [0.15, 0.2) is 0 Å². The van der Waals surface area contributed by atoms with Crippen LogP contribution in [0.2, 0.25) is 0 Å². The molecule has 0 spiro atoms. The lowest BCUT2D eigenvalue weighted by molar-refractivity contribution is 0.520. The smallest absolute Gasteiger partial charge is 0.202 e. The van der Waals surface area contributed by atoms with Gasteiger partial charge in [-0.25, -0.2) is 4.98 Å². The number of hydrogen-bond acceptors (Lipinski definition) is 4. The summed E-state index contributed by atoms with van der Waals surface area (Å²) < 4.78 is 4.26. The van der Waals surface area contributed by atoms with Crippen molar-refractivity contribution in [1.82, 2.24) is 9.36 Å². The summed E-state index contributed by atoms with van der Waals surface area (Å²) in [4.78, 5) is 4.41. The van der Waals surface area contributed by atoms with Crippen LogP contribution in [-0.2, 0) is 6.42 Å². The molecule has 1 aromatic heterocycles. The van der Waals surface area contributed by atoms with Gasteiger partial charge in [0, 0.05) is 24.0 Å². The van der Waals surface area contributed by atoms with E-state index in [-0.39, 0.29) is 0 Å². The molecule has 0 fully saturated rings. The maximum Gasteiger partial charge on any atom is 0.202 e. The number of hydrogen-bond donors (Lipinski definition) is 1. The molecule has 1 atom stereocenters. The first-order chi connectivity index (χ1) is 7.61. The van der Waals surface area contributed by atoms with Crippen LogP contribution < -0.4 is 5.32 Å². The summed E-state index contributed by atoms with van der Waals surface area (Å²) in [6.07, 6.45) is 4.72. The van der Waals surface area contributed by atoms with Crippen LogP contribution >= 0.6 is 11.5 Å². The van der Waals surface area contributed by atoms with E-state index in [0.29, 0.717) is 6.04 Å². The standard InChI is InChI=1S/C12H23N3S/c1-5-11-14-12(16-15-11)13-10(4)8-6-7-9(2)3/h9-10H,5-8H2,1-4H3,(H,13,14,15). The highest BCUT2D eigenvalue weighted by molar-refractivity contribution is 7.09. The average molecular weight is 241 g/mol. The largest absolute Gasteiger partial charge is 0.358 e. The minimum atomic E-state index is 0.497. The fourth-order valence-electron chi connectivity index (χ4n) is 1.57. The molecular formula is C12H23N3S. The normalized spacial score (nSPS) is 13.1. The van der Waals surface area contributed by atoms with Crippen molar-refractivity contribution in [1.29, 1.82) is 0 Å². The van der Waals surface area contributed by atoms with Gasteiger partial charge in [-0.05, 0) is 19.3 Å². The zero-order valence-corrected chi connectivity index (χ0v) is 11.6. The summed E-state index contributed by atoms with van der Waals surface area (Å²) in [5.41, 5.74) is 0. The summed E-state index contributed by atoms with van der Waals surface area (Å²) in [6.45, 7) is 8.85. The molecule has 1 rings (SSSR count). The lowest BCUT2D eigenvalue weighted by Gasteiger charge is -2.12. The second kappa shape index (κ2) is 6.84. The zero-order chi connectivity index (χ0) is 12.0. The van der Waals surface area contributed by atoms with Gasteiger partial charge in [0.2, 0.25) is 5.13 Å². The fourth-order valence-corrected chi connectivity index (χ4v) is 2.33. The predicted molar refractivity (Wildman–Crippen MR) is 71.1 cm³/mol. The molecule has 0 bridgehead atoms. The summed E-state index contributed by atoms with van der Waals surface area (Å²) >= 11 is 1.47. The quantitative estimate of drug-likeness (QED) is 0.790. The first-order valence-corrected chi connectivity index (χ1v) is 6.98. The molecule has 0 aliphatic heterocycles. The van der Waals surface area contributed by atoms with Crippen LogP contribution in [-0.4, -0.2) is 15.4 Å². The van der Waals surface area contributed by atoms with Gasteiger partial charge in [0.25, 0.3) is 0 Å². The topological polar surface area (TPSA) is 37.8 Å². The molecule has 0 aromatic carbocycles. The molecule has 0 saturated carbocycles. The predicted octanol–water partition coefficient (Wildman–Crippen LogP) is 3.73. The number of rotatable bonds is 7. The molecule has 0 aliphatic rings. The number of nitrogens with zero attached hydrogens (tertiary/aromatic N) is 2. The van der Waals surface area contributed by atoms with Crippen LogP contribution in [0.4, 0.5) is 5.13 Å².